The van der Waals surface area contributed by atoms with E-state index in [4.69, 9.17) is 0 Å². The van der Waals surface area contributed by atoms with Gasteiger partial charge in [0.25, 0.3) is 0 Å². The molecule has 0 radical (unpaired) electrons. The number of aryl methyl sites for hydroxylation is 1. The molecular formula is C16H12F2N2O. The molecule has 0 fully saturated rings. The maximum absolute atomic E-state index is 13.3. The molecule has 0 saturated carbocycles. The van der Waals surface area contributed by atoms with Gasteiger partial charge in [-0.2, -0.15) is 0 Å². The lowest BCUT2D eigenvalue weighted by Crippen LogP contribution is -2.14. The third-order valence-corrected chi connectivity index (χ3v) is 3.26. The standard InChI is InChI=1S/C16H12F2N2O/c1-10-2-4-11(5-3-10)15-9-20(16(21)19-15)12-6-7-13(17)14(18)8-12/h2-9H,1H3,(H,19,21). The van der Waals surface area contributed by atoms with Crippen molar-refractivity contribution in [3.8, 4) is 16.9 Å². The lowest BCUT2D eigenvalue weighted by atomic mass is 10.1. The minimum atomic E-state index is -0.988. The number of H-pyrrole nitrogens is 1. The van der Waals surface area contributed by atoms with Crippen molar-refractivity contribution in [1.82, 2.24) is 9.55 Å². The predicted molar refractivity (Wildman–Crippen MR) is 76.5 cm³/mol. The van der Waals surface area contributed by atoms with E-state index in [9.17, 15) is 13.6 Å². The number of hydrogen-bond donors (Lipinski definition) is 1. The fourth-order valence-corrected chi connectivity index (χ4v) is 2.10. The molecule has 21 heavy (non-hydrogen) atoms. The highest BCUT2D eigenvalue weighted by Gasteiger charge is 2.09. The number of aromatic nitrogens is 2. The summed E-state index contributed by atoms with van der Waals surface area (Å²) in [7, 11) is 0. The van der Waals surface area contributed by atoms with Crippen molar-refractivity contribution in [1.29, 1.82) is 0 Å². The lowest BCUT2D eigenvalue weighted by molar-refractivity contribution is 0.508. The van der Waals surface area contributed by atoms with Crippen LogP contribution in [0, 0.1) is 18.6 Å². The van der Waals surface area contributed by atoms with E-state index in [-0.39, 0.29) is 5.69 Å². The summed E-state index contributed by atoms with van der Waals surface area (Å²) in [6, 6.07) is 11.0. The average Bonchev–Trinajstić information content (AvgIpc) is 2.85. The Labute approximate surface area is 119 Å². The zero-order valence-electron chi connectivity index (χ0n) is 11.2. The van der Waals surface area contributed by atoms with Crippen molar-refractivity contribution in [2.75, 3.05) is 0 Å². The molecule has 3 nitrogen and oxygen atoms in total. The van der Waals surface area contributed by atoms with Crippen LogP contribution in [0.15, 0.2) is 53.5 Å². The fourth-order valence-electron chi connectivity index (χ4n) is 2.10. The molecule has 2 aromatic carbocycles. The van der Waals surface area contributed by atoms with E-state index in [1.165, 1.54) is 10.6 Å². The van der Waals surface area contributed by atoms with Gasteiger partial charge in [0.1, 0.15) is 0 Å². The van der Waals surface area contributed by atoms with Crippen molar-refractivity contribution < 1.29 is 8.78 Å². The molecule has 0 atom stereocenters. The number of hydrogen-bond acceptors (Lipinski definition) is 1. The summed E-state index contributed by atoms with van der Waals surface area (Å²) >= 11 is 0. The highest BCUT2D eigenvalue weighted by atomic mass is 19.2. The number of imidazole rings is 1. The first-order valence-corrected chi connectivity index (χ1v) is 6.39. The van der Waals surface area contributed by atoms with Gasteiger partial charge in [-0.3, -0.25) is 4.57 Å². The van der Waals surface area contributed by atoms with Gasteiger partial charge in [-0.05, 0) is 24.6 Å². The highest BCUT2D eigenvalue weighted by molar-refractivity contribution is 5.59. The van der Waals surface area contributed by atoms with Crippen LogP contribution in [0.2, 0.25) is 0 Å². The summed E-state index contributed by atoms with van der Waals surface area (Å²) < 4.78 is 27.5. The minimum Gasteiger partial charge on any atom is -0.305 e. The van der Waals surface area contributed by atoms with E-state index < -0.39 is 17.3 Å². The first kappa shape index (κ1) is 13.3. The summed E-state index contributed by atoms with van der Waals surface area (Å²) in [6.07, 6.45) is 1.57. The van der Waals surface area contributed by atoms with Gasteiger partial charge in [-0.15, -0.1) is 0 Å². The molecule has 0 aliphatic rings. The fraction of sp³-hybridized carbons (Fsp3) is 0.0625. The van der Waals surface area contributed by atoms with Gasteiger partial charge >= 0.3 is 5.69 Å². The highest BCUT2D eigenvalue weighted by Crippen LogP contribution is 2.18. The second-order valence-electron chi connectivity index (χ2n) is 4.81. The van der Waals surface area contributed by atoms with Crippen LogP contribution in [0.1, 0.15) is 5.56 Å². The largest absolute Gasteiger partial charge is 0.330 e. The number of halogens is 2. The van der Waals surface area contributed by atoms with E-state index in [0.717, 1.165) is 23.3 Å². The van der Waals surface area contributed by atoms with Gasteiger partial charge in [-0.25, -0.2) is 13.6 Å². The normalized spacial score (nSPS) is 10.8. The van der Waals surface area contributed by atoms with Crippen LogP contribution in [0.25, 0.3) is 16.9 Å². The first-order chi connectivity index (χ1) is 10.0. The van der Waals surface area contributed by atoms with Crippen LogP contribution in [0.3, 0.4) is 0 Å². The topological polar surface area (TPSA) is 37.8 Å². The molecule has 1 N–H and O–H groups in total. The molecule has 1 aromatic heterocycles. The molecule has 3 rings (SSSR count). The van der Waals surface area contributed by atoms with Gasteiger partial charge in [0.2, 0.25) is 0 Å². The van der Waals surface area contributed by atoms with Crippen LogP contribution < -0.4 is 5.69 Å². The van der Waals surface area contributed by atoms with Crippen LogP contribution in [-0.4, -0.2) is 9.55 Å². The lowest BCUT2D eigenvalue weighted by Gasteiger charge is -2.01. The molecule has 5 heteroatoms. The van der Waals surface area contributed by atoms with Crippen LogP contribution in [0.5, 0.6) is 0 Å². The van der Waals surface area contributed by atoms with Crippen molar-refractivity contribution in [3.05, 3.63) is 76.3 Å². The first-order valence-electron chi connectivity index (χ1n) is 6.39. The third-order valence-electron chi connectivity index (χ3n) is 3.26. The van der Waals surface area contributed by atoms with Crippen molar-refractivity contribution in [2.24, 2.45) is 0 Å². The SMILES string of the molecule is Cc1ccc(-c2cn(-c3ccc(F)c(F)c3)c(=O)[nH]2)cc1. The Kier molecular flexibility index (Phi) is 3.17. The van der Waals surface area contributed by atoms with Gasteiger partial charge in [-0.1, -0.05) is 29.8 Å². The van der Waals surface area contributed by atoms with E-state index in [1.54, 1.807) is 6.20 Å². The van der Waals surface area contributed by atoms with E-state index in [2.05, 4.69) is 4.98 Å². The van der Waals surface area contributed by atoms with Crippen molar-refractivity contribution in [3.63, 3.8) is 0 Å². The second kappa shape index (κ2) is 5.01. The zero-order valence-corrected chi connectivity index (χ0v) is 11.2. The smallest absolute Gasteiger partial charge is 0.305 e. The van der Waals surface area contributed by atoms with Gasteiger partial charge < -0.3 is 4.98 Å². The van der Waals surface area contributed by atoms with Gasteiger partial charge in [0, 0.05) is 12.3 Å². The maximum Gasteiger partial charge on any atom is 0.330 e. The molecule has 0 aliphatic carbocycles. The maximum atomic E-state index is 13.3. The second-order valence-corrected chi connectivity index (χ2v) is 4.81. The van der Waals surface area contributed by atoms with Gasteiger partial charge in [0.05, 0.1) is 11.4 Å². The summed E-state index contributed by atoms with van der Waals surface area (Å²) in [4.78, 5) is 14.7. The van der Waals surface area contributed by atoms with Crippen molar-refractivity contribution in [2.45, 2.75) is 6.92 Å². The van der Waals surface area contributed by atoms with Gasteiger partial charge in [0.15, 0.2) is 11.6 Å². The Balaban J connectivity index is 2.07. The molecule has 0 spiro atoms. The van der Waals surface area contributed by atoms with Crippen LogP contribution in [0.4, 0.5) is 8.78 Å². The molecule has 0 aliphatic heterocycles. The van der Waals surface area contributed by atoms with Crippen LogP contribution >= 0.6 is 0 Å². The molecule has 0 bridgehead atoms. The molecule has 106 valence electrons. The predicted octanol–water partition coefficient (Wildman–Crippen LogP) is 3.42. The van der Waals surface area contributed by atoms with E-state index in [1.807, 2.05) is 31.2 Å². The molecule has 0 unspecified atom stereocenters. The Bertz CT molecular complexity index is 847. The minimum absolute atomic E-state index is 0.272. The number of benzene rings is 2. The quantitative estimate of drug-likeness (QED) is 0.770. The summed E-state index contributed by atoms with van der Waals surface area (Å²) in [5.74, 6) is -1.93. The molecule has 3 aromatic rings. The van der Waals surface area contributed by atoms with Crippen molar-refractivity contribution >= 4 is 0 Å². The average molecular weight is 286 g/mol. The molecular weight excluding hydrogens is 274 g/mol. The van der Waals surface area contributed by atoms with Crippen LogP contribution in [-0.2, 0) is 0 Å². The van der Waals surface area contributed by atoms with E-state index >= 15 is 0 Å². The summed E-state index contributed by atoms with van der Waals surface area (Å²) in [5.41, 5.74) is 2.44. The Morgan fingerprint density at radius 2 is 1.71 bits per heavy atom. The number of aromatic amines is 1. The Hall–Kier alpha value is -2.69. The van der Waals surface area contributed by atoms with E-state index in [0.29, 0.717) is 5.69 Å². The zero-order chi connectivity index (χ0) is 15.0. The molecule has 0 amide bonds. The molecule has 1 heterocycles. The Morgan fingerprint density at radius 3 is 2.38 bits per heavy atom. The number of nitrogens with zero attached hydrogens (tertiary/aromatic N) is 1. The third kappa shape index (κ3) is 2.50. The summed E-state index contributed by atoms with van der Waals surface area (Å²) in [5, 5.41) is 0. The number of rotatable bonds is 2. The Morgan fingerprint density at radius 1 is 1.00 bits per heavy atom. The monoisotopic (exact) mass is 286 g/mol. The molecule has 0 saturated heterocycles. The summed E-state index contributed by atoms with van der Waals surface area (Å²) in [6.45, 7) is 1.97. The number of nitrogens with one attached hydrogen (secondary N) is 1.